The number of rotatable bonds is 7. The van der Waals surface area contributed by atoms with Gasteiger partial charge in [-0.05, 0) is 45.3 Å². The maximum atomic E-state index is 12.3. The highest BCUT2D eigenvalue weighted by Gasteiger charge is 2.29. The lowest BCUT2D eigenvalue weighted by molar-refractivity contribution is 0.418. The van der Waals surface area contributed by atoms with Gasteiger partial charge >= 0.3 is 0 Å². The predicted octanol–water partition coefficient (Wildman–Crippen LogP) is 1.72. The molecule has 0 aliphatic heterocycles. The third kappa shape index (κ3) is 4.92. The minimum absolute atomic E-state index is 0.138. The quantitative estimate of drug-likeness (QED) is 0.752. The fourth-order valence-corrected chi connectivity index (χ4v) is 4.60. The molecule has 6 heteroatoms. The first-order chi connectivity index (χ1) is 9.01. The minimum atomic E-state index is -3.18. The van der Waals surface area contributed by atoms with Crippen LogP contribution in [-0.2, 0) is 10.0 Å². The Hall–Kier alpha value is 0.220. The maximum Gasteiger partial charge on any atom is 0.215 e. The summed E-state index contributed by atoms with van der Waals surface area (Å²) in [7, 11) is -3.18. The van der Waals surface area contributed by atoms with Crippen LogP contribution in [0, 0.1) is 0 Å². The van der Waals surface area contributed by atoms with Crippen molar-refractivity contribution in [3.05, 3.63) is 0 Å². The second-order valence-corrected chi connectivity index (χ2v) is 9.15. The topological polar surface area (TPSA) is 58.2 Å². The van der Waals surface area contributed by atoms with Gasteiger partial charge in [-0.1, -0.05) is 6.42 Å². The van der Waals surface area contributed by atoms with Crippen molar-refractivity contribution in [2.24, 2.45) is 0 Å². The first-order valence-corrected chi connectivity index (χ1v) is 10.1. The normalized spacial score (nSPS) is 30.2. The Morgan fingerprint density at radius 1 is 1.21 bits per heavy atom. The predicted molar refractivity (Wildman–Crippen MR) is 82.1 cm³/mol. The monoisotopic (exact) mass is 306 g/mol. The number of nitrogens with one attached hydrogen (secondary N) is 2. The van der Waals surface area contributed by atoms with Gasteiger partial charge < -0.3 is 5.32 Å². The Balaban J connectivity index is 1.81. The first kappa shape index (κ1) is 15.6. The van der Waals surface area contributed by atoms with Crippen LogP contribution in [0.1, 0.15) is 45.4 Å². The molecule has 2 rings (SSSR count). The van der Waals surface area contributed by atoms with Gasteiger partial charge in [0.2, 0.25) is 10.0 Å². The lowest BCUT2D eigenvalue weighted by Crippen LogP contribution is -2.45. The van der Waals surface area contributed by atoms with E-state index in [0.717, 1.165) is 19.3 Å². The van der Waals surface area contributed by atoms with Crippen LogP contribution >= 0.6 is 11.8 Å². The Labute approximate surface area is 121 Å². The van der Waals surface area contributed by atoms with E-state index in [-0.39, 0.29) is 11.3 Å². The highest BCUT2D eigenvalue weighted by Crippen LogP contribution is 2.27. The van der Waals surface area contributed by atoms with Crippen molar-refractivity contribution >= 4 is 21.8 Å². The van der Waals surface area contributed by atoms with Gasteiger partial charge in [0.15, 0.2) is 0 Å². The molecular weight excluding hydrogens is 280 g/mol. The molecule has 0 amide bonds. The Bertz CT molecular complexity index is 382. The second-order valence-electron chi connectivity index (χ2n) is 5.88. The van der Waals surface area contributed by atoms with E-state index in [0.29, 0.717) is 17.8 Å². The molecule has 0 saturated heterocycles. The SMILES string of the molecule is CSC1CCCC(NS(=O)(=O)C(C)CNC2CC2)C1. The number of sulfonamides is 1. The molecule has 0 radical (unpaired) electrons. The van der Waals surface area contributed by atoms with Crippen LogP contribution in [0.4, 0.5) is 0 Å². The molecule has 112 valence electrons. The summed E-state index contributed by atoms with van der Waals surface area (Å²) in [5.74, 6) is 0. The molecule has 0 aromatic heterocycles. The molecule has 2 N–H and O–H groups in total. The minimum Gasteiger partial charge on any atom is -0.313 e. The summed E-state index contributed by atoms with van der Waals surface area (Å²) in [5.41, 5.74) is 0. The standard InChI is InChI=1S/C13H26N2O2S2/c1-10(9-14-11-6-7-11)19(16,17)15-12-4-3-5-13(8-12)18-2/h10-15H,3-9H2,1-2H3. The maximum absolute atomic E-state index is 12.3. The molecule has 0 aromatic carbocycles. The molecule has 3 atom stereocenters. The lowest BCUT2D eigenvalue weighted by atomic mass is 9.96. The van der Waals surface area contributed by atoms with E-state index in [9.17, 15) is 8.42 Å². The van der Waals surface area contributed by atoms with E-state index < -0.39 is 10.0 Å². The van der Waals surface area contributed by atoms with Crippen LogP contribution in [0.15, 0.2) is 0 Å². The number of thioether (sulfide) groups is 1. The van der Waals surface area contributed by atoms with Crippen molar-refractivity contribution in [3.8, 4) is 0 Å². The zero-order valence-electron chi connectivity index (χ0n) is 11.9. The summed E-state index contributed by atoms with van der Waals surface area (Å²) in [6, 6.07) is 0.702. The fourth-order valence-electron chi connectivity index (χ4n) is 2.54. The van der Waals surface area contributed by atoms with Gasteiger partial charge in [-0.25, -0.2) is 13.1 Å². The van der Waals surface area contributed by atoms with Crippen molar-refractivity contribution < 1.29 is 8.42 Å². The molecular formula is C13H26N2O2S2. The van der Waals surface area contributed by atoms with Crippen molar-refractivity contribution in [1.82, 2.24) is 10.0 Å². The number of hydrogen-bond acceptors (Lipinski definition) is 4. The molecule has 4 nitrogen and oxygen atoms in total. The summed E-state index contributed by atoms with van der Waals surface area (Å²) in [5, 5.41) is 3.56. The third-order valence-electron chi connectivity index (χ3n) is 4.09. The van der Waals surface area contributed by atoms with Crippen LogP contribution in [0.25, 0.3) is 0 Å². The molecule has 0 spiro atoms. The van der Waals surface area contributed by atoms with Crippen molar-refractivity contribution in [3.63, 3.8) is 0 Å². The summed E-state index contributed by atoms with van der Waals surface area (Å²) >= 11 is 1.86. The van der Waals surface area contributed by atoms with Crippen molar-refractivity contribution in [1.29, 1.82) is 0 Å². The van der Waals surface area contributed by atoms with Crippen molar-refractivity contribution in [2.45, 2.75) is 68.0 Å². The van der Waals surface area contributed by atoms with E-state index in [1.807, 2.05) is 11.8 Å². The van der Waals surface area contributed by atoms with E-state index in [2.05, 4.69) is 16.3 Å². The largest absolute Gasteiger partial charge is 0.313 e. The molecule has 3 unspecified atom stereocenters. The summed E-state index contributed by atoms with van der Waals surface area (Å²) in [6.45, 7) is 2.37. The average molecular weight is 306 g/mol. The molecule has 2 aliphatic rings. The Kier molecular flexibility index (Phi) is 5.57. The van der Waals surface area contributed by atoms with Crippen LogP contribution in [0.5, 0.6) is 0 Å². The van der Waals surface area contributed by atoms with Crippen LogP contribution < -0.4 is 10.0 Å². The van der Waals surface area contributed by atoms with Gasteiger partial charge in [0.1, 0.15) is 0 Å². The lowest BCUT2D eigenvalue weighted by Gasteiger charge is -2.29. The molecule has 2 saturated carbocycles. The molecule has 0 bridgehead atoms. The van der Waals surface area contributed by atoms with Gasteiger partial charge in [-0.15, -0.1) is 0 Å². The number of hydrogen-bond donors (Lipinski definition) is 2. The highest BCUT2D eigenvalue weighted by atomic mass is 32.2. The summed E-state index contributed by atoms with van der Waals surface area (Å²) < 4.78 is 27.5. The highest BCUT2D eigenvalue weighted by molar-refractivity contribution is 7.99. The molecule has 2 fully saturated rings. The zero-order chi connectivity index (χ0) is 13.9. The van der Waals surface area contributed by atoms with Crippen molar-refractivity contribution in [2.75, 3.05) is 12.8 Å². The van der Waals surface area contributed by atoms with E-state index >= 15 is 0 Å². The first-order valence-electron chi connectivity index (χ1n) is 7.28. The smallest absolute Gasteiger partial charge is 0.215 e. The molecule has 0 aromatic rings. The van der Waals surface area contributed by atoms with E-state index in [1.165, 1.54) is 19.3 Å². The summed E-state index contributed by atoms with van der Waals surface area (Å²) in [6.07, 6.45) is 8.81. The fraction of sp³-hybridized carbons (Fsp3) is 1.00. The molecule has 0 heterocycles. The molecule has 2 aliphatic carbocycles. The third-order valence-corrected chi connectivity index (χ3v) is 7.07. The van der Waals surface area contributed by atoms with Crippen LogP contribution in [0.2, 0.25) is 0 Å². The van der Waals surface area contributed by atoms with Gasteiger partial charge in [0, 0.05) is 23.9 Å². The summed E-state index contributed by atoms with van der Waals surface area (Å²) in [4.78, 5) is 0. The van der Waals surface area contributed by atoms with Crippen LogP contribution in [-0.4, -0.2) is 43.8 Å². The Morgan fingerprint density at radius 2 is 1.95 bits per heavy atom. The van der Waals surface area contributed by atoms with Gasteiger partial charge in [-0.3, -0.25) is 0 Å². The molecule has 19 heavy (non-hydrogen) atoms. The Morgan fingerprint density at radius 3 is 2.58 bits per heavy atom. The second kappa shape index (κ2) is 6.78. The zero-order valence-corrected chi connectivity index (χ0v) is 13.5. The van der Waals surface area contributed by atoms with Gasteiger partial charge in [0.05, 0.1) is 5.25 Å². The van der Waals surface area contributed by atoms with E-state index in [1.54, 1.807) is 6.92 Å². The van der Waals surface area contributed by atoms with Gasteiger partial charge in [-0.2, -0.15) is 11.8 Å². The van der Waals surface area contributed by atoms with Gasteiger partial charge in [0.25, 0.3) is 0 Å². The van der Waals surface area contributed by atoms with E-state index in [4.69, 9.17) is 0 Å². The van der Waals surface area contributed by atoms with Crippen LogP contribution in [0.3, 0.4) is 0 Å². The average Bonchev–Trinajstić information content (AvgIpc) is 3.19.